The van der Waals surface area contributed by atoms with Crippen molar-refractivity contribution >= 4 is 39.0 Å². The third-order valence-corrected chi connectivity index (χ3v) is 3.22. The molecule has 2 rings (SSSR count). The van der Waals surface area contributed by atoms with Crippen molar-refractivity contribution in [2.75, 3.05) is 5.32 Å². The fourth-order valence-corrected chi connectivity index (χ4v) is 1.76. The predicted octanol–water partition coefficient (Wildman–Crippen LogP) is 3.94. The van der Waals surface area contributed by atoms with Gasteiger partial charge in [0, 0.05) is 10.0 Å². The standard InChI is InChI=1S/C11H9BrClN3/c1-7-10(13)14-6-15-11(7)16-9-5-3-2-4-8(9)12/h2-6H,1H3,(H,14,15,16). The highest BCUT2D eigenvalue weighted by Crippen LogP contribution is 2.27. The summed E-state index contributed by atoms with van der Waals surface area (Å²) in [6.07, 6.45) is 1.44. The van der Waals surface area contributed by atoms with Gasteiger partial charge in [0.05, 0.1) is 5.69 Å². The van der Waals surface area contributed by atoms with Gasteiger partial charge in [-0.3, -0.25) is 0 Å². The van der Waals surface area contributed by atoms with E-state index in [0.717, 1.165) is 15.7 Å². The lowest BCUT2D eigenvalue weighted by atomic mass is 10.3. The molecule has 16 heavy (non-hydrogen) atoms. The van der Waals surface area contributed by atoms with Crippen molar-refractivity contribution in [2.24, 2.45) is 0 Å². The van der Waals surface area contributed by atoms with Crippen molar-refractivity contribution in [2.45, 2.75) is 6.92 Å². The SMILES string of the molecule is Cc1c(Cl)ncnc1Nc1ccccc1Br. The molecule has 3 nitrogen and oxygen atoms in total. The van der Waals surface area contributed by atoms with Crippen LogP contribution in [0.1, 0.15) is 5.56 Å². The number of halogens is 2. The van der Waals surface area contributed by atoms with Gasteiger partial charge in [-0.1, -0.05) is 23.7 Å². The molecule has 0 bridgehead atoms. The van der Waals surface area contributed by atoms with Gasteiger partial charge in [0.2, 0.25) is 0 Å². The third-order valence-electron chi connectivity index (χ3n) is 2.15. The monoisotopic (exact) mass is 297 g/mol. The lowest BCUT2D eigenvalue weighted by molar-refractivity contribution is 1.13. The van der Waals surface area contributed by atoms with E-state index in [4.69, 9.17) is 11.6 Å². The molecule has 0 atom stereocenters. The van der Waals surface area contributed by atoms with Crippen LogP contribution in [0.5, 0.6) is 0 Å². The largest absolute Gasteiger partial charge is 0.339 e. The fraction of sp³-hybridized carbons (Fsp3) is 0.0909. The zero-order chi connectivity index (χ0) is 11.5. The minimum Gasteiger partial charge on any atom is -0.339 e. The average Bonchev–Trinajstić information content (AvgIpc) is 2.28. The predicted molar refractivity (Wildman–Crippen MR) is 69.2 cm³/mol. The molecule has 82 valence electrons. The smallest absolute Gasteiger partial charge is 0.138 e. The van der Waals surface area contributed by atoms with Crippen molar-refractivity contribution < 1.29 is 0 Å². The van der Waals surface area contributed by atoms with Gasteiger partial charge in [0.15, 0.2) is 0 Å². The summed E-state index contributed by atoms with van der Waals surface area (Å²) in [7, 11) is 0. The van der Waals surface area contributed by atoms with Gasteiger partial charge in [-0.05, 0) is 35.0 Å². The second-order valence-electron chi connectivity index (χ2n) is 3.24. The van der Waals surface area contributed by atoms with Gasteiger partial charge in [0.25, 0.3) is 0 Å². The summed E-state index contributed by atoms with van der Waals surface area (Å²) in [5.74, 6) is 0.715. The number of benzene rings is 1. The van der Waals surface area contributed by atoms with Crippen molar-refractivity contribution in [1.29, 1.82) is 0 Å². The molecule has 5 heteroatoms. The Hall–Kier alpha value is -1.13. The number of hydrogen-bond acceptors (Lipinski definition) is 3. The minimum atomic E-state index is 0.463. The molecule has 0 saturated carbocycles. The molecule has 2 aromatic rings. The second kappa shape index (κ2) is 4.80. The Labute approximate surface area is 107 Å². The molecule has 0 saturated heterocycles. The number of hydrogen-bond donors (Lipinski definition) is 1. The van der Waals surface area contributed by atoms with E-state index >= 15 is 0 Å². The van der Waals surface area contributed by atoms with E-state index in [1.165, 1.54) is 6.33 Å². The van der Waals surface area contributed by atoms with E-state index in [2.05, 4.69) is 31.2 Å². The molecule has 1 heterocycles. The quantitative estimate of drug-likeness (QED) is 0.853. The highest BCUT2D eigenvalue weighted by molar-refractivity contribution is 9.10. The Bertz CT molecular complexity index is 516. The Balaban J connectivity index is 2.35. The van der Waals surface area contributed by atoms with Crippen LogP contribution in [0.4, 0.5) is 11.5 Å². The number of nitrogens with one attached hydrogen (secondary N) is 1. The van der Waals surface area contributed by atoms with Crippen LogP contribution in [-0.4, -0.2) is 9.97 Å². The molecule has 1 aromatic heterocycles. The van der Waals surface area contributed by atoms with Gasteiger partial charge in [-0.15, -0.1) is 0 Å². The molecule has 0 aliphatic rings. The van der Waals surface area contributed by atoms with E-state index in [1.54, 1.807) is 0 Å². The summed E-state index contributed by atoms with van der Waals surface area (Å²) < 4.78 is 0.976. The van der Waals surface area contributed by atoms with Crippen molar-refractivity contribution in [3.8, 4) is 0 Å². The molecule has 1 N–H and O–H groups in total. The minimum absolute atomic E-state index is 0.463. The Morgan fingerprint density at radius 3 is 2.75 bits per heavy atom. The number of nitrogens with zero attached hydrogens (tertiary/aromatic N) is 2. The lowest BCUT2D eigenvalue weighted by Crippen LogP contribution is -1.98. The first-order chi connectivity index (χ1) is 7.68. The average molecular weight is 299 g/mol. The van der Waals surface area contributed by atoms with Gasteiger partial charge in [-0.25, -0.2) is 9.97 Å². The van der Waals surface area contributed by atoms with Crippen LogP contribution in [0, 0.1) is 6.92 Å². The zero-order valence-electron chi connectivity index (χ0n) is 8.54. The van der Waals surface area contributed by atoms with Crippen LogP contribution in [0.2, 0.25) is 5.15 Å². The summed E-state index contributed by atoms with van der Waals surface area (Å²) >= 11 is 9.37. The summed E-state index contributed by atoms with van der Waals surface area (Å²) in [5.41, 5.74) is 1.78. The topological polar surface area (TPSA) is 37.8 Å². The van der Waals surface area contributed by atoms with Crippen molar-refractivity contribution in [3.63, 3.8) is 0 Å². The highest BCUT2D eigenvalue weighted by Gasteiger charge is 2.06. The van der Waals surface area contributed by atoms with Crippen LogP contribution >= 0.6 is 27.5 Å². The van der Waals surface area contributed by atoms with Gasteiger partial charge in [-0.2, -0.15) is 0 Å². The lowest BCUT2D eigenvalue weighted by Gasteiger charge is -2.09. The number of rotatable bonds is 2. The Morgan fingerprint density at radius 1 is 1.25 bits per heavy atom. The molecule has 0 spiro atoms. The summed E-state index contributed by atoms with van der Waals surface area (Å²) in [6.45, 7) is 1.88. The Kier molecular flexibility index (Phi) is 3.41. The van der Waals surface area contributed by atoms with Crippen molar-refractivity contribution in [3.05, 3.63) is 45.8 Å². The van der Waals surface area contributed by atoms with E-state index < -0.39 is 0 Å². The summed E-state index contributed by atoms with van der Waals surface area (Å²) in [6, 6.07) is 7.82. The molecule has 0 fully saturated rings. The highest BCUT2D eigenvalue weighted by atomic mass is 79.9. The van der Waals surface area contributed by atoms with E-state index in [1.807, 2.05) is 31.2 Å². The molecule has 0 aliphatic heterocycles. The van der Waals surface area contributed by atoms with Crippen LogP contribution in [0.15, 0.2) is 35.1 Å². The maximum atomic E-state index is 5.92. The number of aromatic nitrogens is 2. The molecular formula is C11H9BrClN3. The second-order valence-corrected chi connectivity index (χ2v) is 4.46. The Morgan fingerprint density at radius 2 is 2.00 bits per heavy atom. The summed E-state index contributed by atoms with van der Waals surface area (Å²) in [5, 5.41) is 3.66. The van der Waals surface area contributed by atoms with Crippen molar-refractivity contribution in [1.82, 2.24) is 9.97 Å². The maximum Gasteiger partial charge on any atom is 0.138 e. The normalized spacial score (nSPS) is 10.2. The third kappa shape index (κ3) is 2.33. The van der Waals surface area contributed by atoms with Gasteiger partial charge < -0.3 is 5.32 Å². The van der Waals surface area contributed by atoms with Crippen LogP contribution in [0.3, 0.4) is 0 Å². The molecule has 0 radical (unpaired) electrons. The molecule has 1 aromatic carbocycles. The molecule has 0 amide bonds. The van der Waals surface area contributed by atoms with Crippen LogP contribution in [-0.2, 0) is 0 Å². The van der Waals surface area contributed by atoms with E-state index in [0.29, 0.717) is 11.0 Å². The summed E-state index contributed by atoms with van der Waals surface area (Å²) in [4.78, 5) is 8.05. The molecular weight excluding hydrogens is 289 g/mol. The van der Waals surface area contributed by atoms with E-state index in [9.17, 15) is 0 Å². The van der Waals surface area contributed by atoms with Gasteiger partial charge >= 0.3 is 0 Å². The maximum absolute atomic E-state index is 5.92. The first-order valence-electron chi connectivity index (χ1n) is 4.67. The van der Waals surface area contributed by atoms with Crippen LogP contribution < -0.4 is 5.32 Å². The zero-order valence-corrected chi connectivity index (χ0v) is 10.9. The first-order valence-corrected chi connectivity index (χ1v) is 5.84. The number of anilines is 2. The number of para-hydroxylation sites is 1. The van der Waals surface area contributed by atoms with Gasteiger partial charge in [0.1, 0.15) is 17.3 Å². The molecule has 0 unspecified atom stereocenters. The first kappa shape index (κ1) is 11.4. The molecule has 0 aliphatic carbocycles. The van der Waals surface area contributed by atoms with Crippen LogP contribution in [0.25, 0.3) is 0 Å². The fourth-order valence-electron chi connectivity index (χ4n) is 1.24. The van der Waals surface area contributed by atoms with E-state index in [-0.39, 0.29) is 0 Å².